The molecule has 0 atom stereocenters. The smallest absolute Gasteiger partial charge is 0.340 e. The van der Waals surface area contributed by atoms with Crippen molar-refractivity contribution in [1.29, 1.82) is 5.26 Å². The van der Waals surface area contributed by atoms with Gasteiger partial charge in [0.1, 0.15) is 11.1 Å². The Labute approximate surface area is 148 Å². The number of benzene rings is 1. The van der Waals surface area contributed by atoms with Gasteiger partial charge in [0.15, 0.2) is 0 Å². The van der Waals surface area contributed by atoms with Gasteiger partial charge in [0.25, 0.3) is 0 Å². The van der Waals surface area contributed by atoms with Crippen molar-refractivity contribution in [1.82, 2.24) is 4.98 Å². The molecular weight excluding hydrogens is 376 g/mol. The molecule has 0 aliphatic heterocycles. The molecule has 0 unspecified atom stereocenters. The third-order valence-electron chi connectivity index (χ3n) is 3.12. The Bertz CT molecular complexity index is 772. The summed E-state index contributed by atoms with van der Waals surface area (Å²) in [6.45, 7) is 3.78. The van der Waals surface area contributed by atoms with Gasteiger partial charge < -0.3 is 4.74 Å². The van der Waals surface area contributed by atoms with Crippen LogP contribution in [0.1, 0.15) is 34.1 Å². The topological polar surface area (TPSA) is 63.0 Å². The number of hydrogen-bond donors (Lipinski definition) is 0. The number of halogens is 1. The van der Waals surface area contributed by atoms with E-state index in [4.69, 9.17) is 4.74 Å². The summed E-state index contributed by atoms with van der Waals surface area (Å²) in [4.78, 5) is 16.3. The van der Waals surface area contributed by atoms with E-state index in [9.17, 15) is 10.1 Å². The lowest BCUT2D eigenvalue weighted by Crippen LogP contribution is -2.09. The highest BCUT2D eigenvalue weighted by molar-refractivity contribution is 9.10. The largest absolute Gasteiger partial charge is 0.462 e. The van der Waals surface area contributed by atoms with E-state index in [1.165, 1.54) is 11.8 Å². The second-order valence-electron chi connectivity index (χ2n) is 4.69. The molecule has 0 bridgehead atoms. The lowest BCUT2D eigenvalue weighted by molar-refractivity contribution is 0.0524. The van der Waals surface area contributed by atoms with E-state index in [0.717, 1.165) is 10.0 Å². The predicted molar refractivity (Wildman–Crippen MR) is 93.3 cm³/mol. The highest BCUT2D eigenvalue weighted by Crippen LogP contribution is 2.29. The third-order valence-corrected chi connectivity index (χ3v) is 4.93. The fourth-order valence-corrected chi connectivity index (χ4v) is 3.57. The Morgan fingerprint density at radius 2 is 2.17 bits per heavy atom. The lowest BCUT2D eigenvalue weighted by Gasteiger charge is -2.09. The van der Waals surface area contributed by atoms with Crippen molar-refractivity contribution in [3.63, 3.8) is 0 Å². The van der Waals surface area contributed by atoms with Gasteiger partial charge in [-0.3, -0.25) is 0 Å². The SMILES string of the molecule is CCOC(=O)c1cc(C#N)c(SCc2ccccc2Br)nc1C. The molecule has 0 fully saturated rings. The molecule has 0 aliphatic rings. The fourth-order valence-electron chi connectivity index (χ4n) is 1.95. The first kappa shape index (κ1) is 17.5. The van der Waals surface area contributed by atoms with Crippen LogP contribution in [0.25, 0.3) is 0 Å². The van der Waals surface area contributed by atoms with Crippen LogP contribution >= 0.6 is 27.7 Å². The predicted octanol–water partition coefficient (Wildman–Crippen LogP) is 4.49. The standard InChI is InChI=1S/C17H15BrN2O2S/c1-3-22-17(21)14-8-13(9-19)16(20-11(14)2)23-10-12-6-4-5-7-15(12)18/h4-8H,3,10H2,1-2H3. The molecule has 1 heterocycles. The average molecular weight is 391 g/mol. The van der Waals surface area contributed by atoms with E-state index in [1.54, 1.807) is 19.9 Å². The molecule has 0 N–H and O–H groups in total. The lowest BCUT2D eigenvalue weighted by atomic mass is 10.1. The average Bonchev–Trinajstić information content (AvgIpc) is 2.54. The number of pyridine rings is 1. The van der Waals surface area contributed by atoms with Gasteiger partial charge in [0.2, 0.25) is 0 Å². The monoisotopic (exact) mass is 390 g/mol. The van der Waals surface area contributed by atoms with Crippen LogP contribution in [-0.4, -0.2) is 17.6 Å². The zero-order valence-electron chi connectivity index (χ0n) is 12.8. The fraction of sp³-hybridized carbons (Fsp3) is 0.235. The minimum Gasteiger partial charge on any atom is -0.462 e. The summed E-state index contributed by atoms with van der Waals surface area (Å²) >= 11 is 4.98. The summed E-state index contributed by atoms with van der Waals surface area (Å²) in [6.07, 6.45) is 0. The van der Waals surface area contributed by atoms with Crippen LogP contribution in [0.5, 0.6) is 0 Å². The maximum atomic E-state index is 11.9. The van der Waals surface area contributed by atoms with E-state index in [2.05, 4.69) is 27.0 Å². The Balaban J connectivity index is 2.26. The van der Waals surface area contributed by atoms with Crippen molar-refractivity contribution in [2.45, 2.75) is 24.6 Å². The number of aromatic nitrogens is 1. The van der Waals surface area contributed by atoms with Crippen LogP contribution in [0, 0.1) is 18.3 Å². The number of carbonyl (C=O) groups is 1. The minimum absolute atomic E-state index is 0.290. The van der Waals surface area contributed by atoms with E-state index < -0.39 is 5.97 Å². The molecule has 0 saturated heterocycles. The van der Waals surface area contributed by atoms with Gasteiger partial charge in [-0.1, -0.05) is 34.1 Å². The van der Waals surface area contributed by atoms with Gasteiger partial charge in [0, 0.05) is 10.2 Å². The number of rotatable bonds is 5. The Kier molecular flexibility index (Phi) is 6.20. The van der Waals surface area contributed by atoms with Gasteiger partial charge in [-0.25, -0.2) is 9.78 Å². The van der Waals surface area contributed by atoms with Crippen molar-refractivity contribution >= 4 is 33.7 Å². The summed E-state index contributed by atoms with van der Waals surface area (Å²) in [5.41, 5.74) is 2.41. The molecule has 0 saturated carbocycles. The first-order valence-corrected chi connectivity index (χ1v) is 8.79. The van der Waals surface area contributed by atoms with E-state index in [1.807, 2.05) is 24.3 Å². The number of esters is 1. The van der Waals surface area contributed by atoms with Gasteiger partial charge in [-0.05, 0) is 31.5 Å². The van der Waals surface area contributed by atoms with Crippen molar-refractivity contribution < 1.29 is 9.53 Å². The third kappa shape index (κ3) is 4.34. The van der Waals surface area contributed by atoms with Gasteiger partial charge in [-0.2, -0.15) is 5.26 Å². The molecule has 1 aromatic carbocycles. The van der Waals surface area contributed by atoms with Crippen LogP contribution in [0.3, 0.4) is 0 Å². The number of carbonyl (C=O) groups excluding carboxylic acids is 1. The first-order valence-electron chi connectivity index (χ1n) is 7.01. The summed E-state index contributed by atoms with van der Waals surface area (Å²) in [7, 11) is 0. The van der Waals surface area contributed by atoms with E-state index >= 15 is 0 Å². The molecule has 0 spiro atoms. The summed E-state index contributed by atoms with van der Waals surface area (Å²) in [5, 5.41) is 9.95. The molecule has 23 heavy (non-hydrogen) atoms. The van der Waals surface area contributed by atoms with Gasteiger partial charge in [0.05, 0.1) is 23.4 Å². The van der Waals surface area contributed by atoms with E-state index in [0.29, 0.717) is 34.2 Å². The maximum absolute atomic E-state index is 11.9. The molecule has 1 aromatic heterocycles. The van der Waals surface area contributed by atoms with Crippen molar-refractivity contribution in [3.05, 3.63) is 57.2 Å². The number of hydrogen-bond acceptors (Lipinski definition) is 5. The highest BCUT2D eigenvalue weighted by Gasteiger charge is 2.16. The normalized spacial score (nSPS) is 10.2. The Morgan fingerprint density at radius 1 is 1.43 bits per heavy atom. The minimum atomic E-state index is -0.448. The van der Waals surface area contributed by atoms with Gasteiger partial charge in [-0.15, -0.1) is 11.8 Å². The molecule has 0 radical (unpaired) electrons. The van der Waals surface area contributed by atoms with E-state index in [-0.39, 0.29) is 0 Å². The quantitative estimate of drug-likeness (QED) is 0.555. The number of nitrogens with zero attached hydrogens (tertiary/aromatic N) is 2. The zero-order valence-corrected chi connectivity index (χ0v) is 15.2. The summed E-state index contributed by atoms with van der Waals surface area (Å²) in [6, 6.07) is 11.6. The summed E-state index contributed by atoms with van der Waals surface area (Å²) in [5.74, 6) is 0.234. The number of ether oxygens (including phenoxy) is 1. The van der Waals surface area contributed by atoms with Crippen molar-refractivity contribution in [2.24, 2.45) is 0 Å². The van der Waals surface area contributed by atoms with Crippen LogP contribution in [0.15, 0.2) is 39.8 Å². The van der Waals surface area contributed by atoms with Gasteiger partial charge >= 0.3 is 5.97 Å². The number of nitriles is 1. The van der Waals surface area contributed by atoms with Crippen LogP contribution in [0.2, 0.25) is 0 Å². The molecule has 0 aliphatic carbocycles. The Morgan fingerprint density at radius 3 is 2.83 bits per heavy atom. The second-order valence-corrected chi connectivity index (χ2v) is 6.50. The van der Waals surface area contributed by atoms with Crippen molar-refractivity contribution in [2.75, 3.05) is 6.61 Å². The second kappa shape index (κ2) is 8.14. The Hall–Kier alpha value is -1.84. The first-order chi connectivity index (χ1) is 11.1. The molecular formula is C17H15BrN2O2S. The molecule has 2 rings (SSSR count). The van der Waals surface area contributed by atoms with Crippen LogP contribution < -0.4 is 0 Å². The highest BCUT2D eigenvalue weighted by atomic mass is 79.9. The molecule has 4 nitrogen and oxygen atoms in total. The zero-order chi connectivity index (χ0) is 16.8. The maximum Gasteiger partial charge on any atom is 0.340 e. The molecule has 6 heteroatoms. The molecule has 0 amide bonds. The van der Waals surface area contributed by atoms with Crippen LogP contribution in [0.4, 0.5) is 0 Å². The summed E-state index contributed by atoms with van der Waals surface area (Å²) < 4.78 is 6.01. The molecule has 118 valence electrons. The van der Waals surface area contributed by atoms with Crippen LogP contribution in [-0.2, 0) is 10.5 Å². The number of aryl methyl sites for hydroxylation is 1. The molecule has 2 aromatic rings. The van der Waals surface area contributed by atoms with Crippen molar-refractivity contribution in [3.8, 4) is 6.07 Å². The number of thioether (sulfide) groups is 1.